The van der Waals surface area contributed by atoms with Gasteiger partial charge in [0.2, 0.25) is 0 Å². The van der Waals surface area contributed by atoms with Crippen LogP contribution in [-0.4, -0.2) is 23.8 Å². The van der Waals surface area contributed by atoms with Crippen LogP contribution < -0.4 is 4.74 Å². The number of phenols is 1. The number of rotatable bonds is 5. The van der Waals surface area contributed by atoms with Gasteiger partial charge in [0.25, 0.3) is 0 Å². The van der Waals surface area contributed by atoms with E-state index in [-0.39, 0.29) is 18.5 Å². The number of carbonyl (C=O) groups is 1. The first-order valence-corrected chi connectivity index (χ1v) is 6.68. The molecule has 1 N–H and O–H groups in total. The van der Waals surface area contributed by atoms with Gasteiger partial charge >= 0.3 is 5.97 Å². The molecule has 0 saturated heterocycles. The first-order chi connectivity index (χ1) is 9.97. The van der Waals surface area contributed by atoms with Crippen molar-refractivity contribution < 1.29 is 19.4 Å². The Morgan fingerprint density at radius 1 is 1.33 bits per heavy atom. The maximum atomic E-state index is 11.4. The van der Waals surface area contributed by atoms with Crippen LogP contribution in [0, 0.1) is 0 Å². The summed E-state index contributed by atoms with van der Waals surface area (Å²) in [7, 11) is 0. The maximum absolute atomic E-state index is 11.4. The Hall–Kier alpha value is -2.49. The van der Waals surface area contributed by atoms with E-state index in [0.29, 0.717) is 11.3 Å². The molecule has 0 fully saturated rings. The summed E-state index contributed by atoms with van der Waals surface area (Å²) >= 11 is 0. The average Bonchev–Trinajstić information content (AvgIpc) is 2.44. The molecule has 0 radical (unpaired) electrons. The summed E-state index contributed by atoms with van der Waals surface area (Å²) in [6.45, 7) is 7.15. The molecule has 0 aliphatic rings. The van der Waals surface area contributed by atoms with Gasteiger partial charge in [-0.1, -0.05) is 18.7 Å². The number of benzene rings is 2. The predicted octanol–water partition coefficient (Wildman–Crippen LogP) is 3.43. The highest BCUT2D eigenvalue weighted by molar-refractivity contribution is 5.89. The molecule has 2 aromatic rings. The normalized spacial score (nSPS) is 11.9. The summed E-state index contributed by atoms with van der Waals surface area (Å²) in [5.74, 6) is 0.475. The van der Waals surface area contributed by atoms with Gasteiger partial charge in [0, 0.05) is 11.0 Å². The van der Waals surface area contributed by atoms with Gasteiger partial charge in [-0.15, -0.1) is 0 Å². The number of fused-ring (bicyclic) bond motifs is 1. The number of esters is 1. The number of hydrogen-bond donors (Lipinski definition) is 1. The van der Waals surface area contributed by atoms with E-state index in [9.17, 15) is 9.90 Å². The zero-order chi connectivity index (χ0) is 15.4. The second-order valence-corrected chi connectivity index (χ2v) is 4.97. The number of ether oxygens (including phenoxy) is 2. The molecule has 0 aromatic heterocycles. The molecule has 4 nitrogen and oxygen atoms in total. The molecule has 0 amide bonds. The Morgan fingerprint density at radius 2 is 2.10 bits per heavy atom. The van der Waals surface area contributed by atoms with Crippen molar-refractivity contribution in [1.29, 1.82) is 0 Å². The molecule has 21 heavy (non-hydrogen) atoms. The predicted molar refractivity (Wildman–Crippen MR) is 81.5 cm³/mol. The summed E-state index contributed by atoms with van der Waals surface area (Å²) in [6, 6.07) is 10.7. The molecular weight excluding hydrogens is 268 g/mol. The van der Waals surface area contributed by atoms with Gasteiger partial charge in [-0.05, 0) is 43.5 Å². The lowest BCUT2D eigenvalue weighted by molar-refractivity contribution is -0.144. The average molecular weight is 286 g/mol. The summed E-state index contributed by atoms with van der Waals surface area (Å²) in [6.07, 6.45) is -0.374. The Kier molecular flexibility index (Phi) is 4.48. The van der Waals surface area contributed by atoms with Crippen molar-refractivity contribution >= 4 is 16.7 Å². The molecule has 1 atom stereocenters. The minimum Gasteiger partial charge on any atom is -0.508 e. The maximum Gasteiger partial charge on any atom is 0.333 e. The molecule has 2 rings (SSSR count). The van der Waals surface area contributed by atoms with E-state index in [2.05, 4.69) is 6.58 Å². The van der Waals surface area contributed by atoms with Gasteiger partial charge in [-0.2, -0.15) is 0 Å². The van der Waals surface area contributed by atoms with Crippen LogP contribution in [0.4, 0.5) is 0 Å². The molecule has 0 spiro atoms. The van der Waals surface area contributed by atoms with Gasteiger partial charge in [-0.3, -0.25) is 0 Å². The standard InChI is InChI=1S/C17H18O4/c1-11(2)17(19)21-12(3)10-20-16-6-4-5-13-9-14(18)7-8-15(13)16/h4-9,12,18H,1,10H2,2-3H3. The third-order valence-corrected chi connectivity index (χ3v) is 2.95. The van der Waals surface area contributed by atoms with Crippen molar-refractivity contribution in [2.24, 2.45) is 0 Å². The van der Waals surface area contributed by atoms with Gasteiger partial charge < -0.3 is 14.6 Å². The van der Waals surface area contributed by atoms with Crippen LogP contribution in [0.15, 0.2) is 48.6 Å². The van der Waals surface area contributed by atoms with Crippen molar-refractivity contribution in [3.8, 4) is 11.5 Å². The van der Waals surface area contributed by atoms with Crippen LogP contribution in [0.5, 0.6) is 11.5 Å². The van der Waals surface area contributed by atoms with Crippen LogP contribution >= 0.6 is 0 Å². The van der Waals surface area contributed by atoms with Crippen LogP contribution in [0.1, 0.15) is 13.8 Å². The fourth-order valence-electron chi connectivity index (χ4n) is 1.89. The van der Waals surface area contributed by atoms with Crippen molar-refractivity contribution in [1.82, 2.24) is 0 Å². The number of hydrogen-bond acceptors (Lipinski definition) is 4. The smallest absolute Gasteiger partial charge is 0.333 e. The molecule has 4 heteroatoms. The summed E-state index contributed by atoms with van der Waals surface area (Å²) < 4.78 is 10.9. The van der Waals surface area contributed by atoms with E-state index in [1.807, 2.05) is 18.2 Å². The third kappa shape index (κ3) is 3.75. The highest BCUT2D eigenvalue weighted by Crippen LogP contribution is 2.28. The quantitative estimate of drug-likeness (QED) is 0.676. The van der Waals surface area contributed by atoms with E-state index >= 15 is 0 Å². The van der Waals surface area contributed by atoms with E-state index in [4.69, 9.17) is 9.47 Å². The second-order valence-electron chi connectivity index (χ2n) is 4.97. The Morgan fingerprint density at radius 3 is 2.81 bits per heavy atom. The second kappa shape index (κ2) is 6.31. The lowest BCUT2D eigenvalue weighted by Crippen LogP contribution is -2.22. The molecule has 1 unspecified atom stereocenters. The van der Waals surface area contributed by atoms with E-state index in [1.165, 1.54) is 0 Å². The van der Waals surface area contributed by atoms with Gasteiger partial charge in [-0.25, -0.2) is 4.79 Å². The van der Waals surface area contributed by atoms with Crippen LogP contribution in [0.3, 0.4) is 0 Å². The number of carbonyl (C=O) groups excluding carboxylic acids is 1. The van der Waals surface area contributed by atoms with Gasteiger partial charge in [0.1, 0.15) is 24.2 Å². The number of phenolic OH excluding ortho intramolecular Hbond substituents is 1. The summed E-state index contributed by atoms with van der Waals surface area (Å²) in [4.78, 5) is 11.4. The lowest BCUT2D eigenvalue weighted by Gasteiger charge is -2.15. The number of aromatic hydroxyl groups is 1. The van der Waals surface area contributed by atoms with Crippen LogP contribution in [-0.2, 0) is 9.53 Å². The highest BCUT2D eigenvalue weighted by atomic mass is 16.6. The minimum atomic E-state index is -0.422. The minimum absolute atomic E-state index is 0.211. The molecule has 0 saturated carbocycles. The van der Waals surface area contributed by atoms with Crippen molar-refractivity contribution in [3.63, 3.8) is 0 Å². The molecule has 0 heterocycles. The molecule has 2 aromatic carbocycles. The molecule has 0 bridgehead atoms. The van der Waals surface area contributed by atoms with Crippen molar-refractivity contribution in [2.75, 3.05) is 6.61 Å². The zero-order valence-corrected chi connectivity index (χ0v) is 12.1. The molecular formula is C17H18O4. The van der Waals surface area contributed by atoms with E-state index in [0.717, 1.165) is 10.8 Å². The Labute approximate surface area is 123 Å². The lowest BCUT2D eigenvalue weighted by atomic mass is 10.1. The fraction of sp³-hybridized carbons (Fsp3) is 0.235. The first-order valence-electron chi connectivity index (χ1n) is 6.68. The SMILES string of the molecule is C=C(C)C(=O)OC(C)COc1cccc2cc(O)ccc12. The fourth-order valence-corrected chi connectivity index (χ4v) is 1.89. The van der Waals surface area contributed by atoms with E-state index < -0.39 is 5.97 Å². The summed E-state index contributed by atoms with van der Waals surface area (Å²) in [5.41, 5.74) is 0.363. The van der Waals surface area contributed by atoms with Crippen molar-refractivity contribution in [2.45, 2.75) is 20.0 Å². The summed E-state index contributed by atoms with van der Waals surface area (Å²) in [5, 5.41) is 11.3. The van der Waals surface area contributed by atoms with E-state index in [1.54, 1.807) is 32.0 Å². The van der Waals surface area contributed by atoms with Gasteiger partial charge in [0.05, 0.1) is 0 Å². The Bertz CT molecular complexity index is 676. The highest BCUT2D eigenvalue weighted by Gasteiger charge is 2.11. The topological polar surface area (TPSA) is 55.8 Å². The van der Waals surface area contributed by atoms with Crippen LogP contribution in [0.25, 0.3) is 10.8 Å². The molecule has 0 aliphatic carbocycles. The van der Waals surface area contributed by atoms with Crippen molar-refractivity contribution in [3.05, 3.63) is 48.6 Å². The molecule has 0 aliphatic heterocycles. The molecule has 110 valence electrons. The van der Waals surface area contributed by atoms with Gasteiger partial charge in [0.15, 0.2) is 0 Å². The Balaban J connectivity index is 2.07. The first kappa shape index (κ1) is 14.9. The van der Waals surface area contributed by atoms with Crippen LogP contribution in [0.2, 0.25) is 0 Å². The zero-order valence-electron chi connectivity index (χ0n) is 12.1. The largest absolute Gasteiger partial charge is 0.508 e. The third-order valence-electron chi connectivity index (χ3n) is 2.95. The monoisotopic (exact) mass is 286 g/mol.